The lowest BCUT2D eigenvalue weighted by Gasteiger charge is -2.46. The normalized spacial score (nSPS) is 28.1. The third-order valence-electron chi connectivity index (χ3n) is 9.39. The molecule has 0 unspecified atom stereocenters. The summed E-state index contributed by atoms with van der Waals surface area (Å²) in [6.45, 7) is -1.60. The summed E-state index contributed by atoms with van der Waals surface area (Å²) < 4.78 is 33.1. The van der Waals surface area contributed by atoms with Gasteiger partial charge >= 0.3 is 5.97 Å². The van der Waals surface area contributed by atoms with Gasteiger partial charge in [0, 0.05) is 23.8 Å². The predicted molar refractivity (Wildman–Crippen MR) is 187 cm³/mol. The van der Waals surface area contributed by atoms with Gasteiger partial charge in [-0.25, -0.2) is 4.79 Å². The van der Waals surface area contributed by atoms with Gasteiger partial charge in [0.15, 0.2) is 34.7 Å². The number of fused-ring (bicyclic) bond motifs is 1. The van der Waals surface area contributed by atoms with Gasteiger partial charge in [-0.2, -0.15) is 0 Å². The van der Waals surface area contributed by atoms with Crippen LogP contribution in [0.25, 0.3) is 28.4 Å². The van der Waals surface area contributed by atoms with Gasteiger partial charge in [-0.15, -0.1) is 0 Å². The number of aromatic hydroxyl groups is 5. The van der Waals surface area contributed by atoms with Crippen molar-refractivity contribution in [2.24, 2.45) is 0 Å². The summed E-state index contributed by atoms with van der Waals surface area (Å²) in [5.41, 5.74) is -1.21. The molecule has 2 aliphatic heterocycles. The Morgan fingerprint density at radius 1 is 0.786 bits per heavy atom. The van der Waals surface area contributed by atoms with E-state index in [0.717, 1.165) is 30.3 Å². The van der Waals surface area contributed by atoms with Crippen LogP contribution in [0, 0.1) is 0 Å². The van der Waals surface area contributed by atoms with E-state index in [1.54, 1.807) is 0 Å². The first-order valence-electron chi connectivity index (χ1n) is 16.9. The van der Waals surface area contributed by atoms with E-state index in [0.29, 0.717) is 5.56 Å². The molecule has 2 fully saturated rings. The first kappa shape index (κ1) is 40.2. The van der Waals surface area contributed by atoms with Crippen LogP contribution in [0.2, 0.25) is 0 Å². The SMILES string of the molecule is COc1cc(/C=C/C(=O)OC[C@H]2O[C@@H](O[C@@H]3[C@@H](O)[C@H](O)[C@@H](CO)O[C@H]3c3c(O)cc4oc(-c5ccc(O)c(O)c5)cc(=O)c4c3O)[C@H](O)[C@@H](O)[C@@H]2O)ccc1O. The van der Waals surface area contributed by atoms with Crippen LogP contribution in [-0.2, 0) is 23.7 Å². The Morgan fingerprint density at radius 2 is 1.50 bits per heavy atom. The highest BCUT2D eigenvalue weighted by molar-refractivity contribution is 5.88. The third-order valence-corrected chi connectivity index (χ3v) is 9.39. The highest BCUT2D eigenvalue weighted by Gasteiger charge is 2.52. The smallest absolute Gasteiger partial charge is 0.330 e. The van der Waals surface area contributed by atoms with E-state index < -0.39 is 120 Å². The molecule has 1 aromatic heterocycles. The van der Waals surface area contributed by atoms with Crippen LogP contribution >= 0.6 is 0 Å². The van der Waals surface area contributed by atoms with Crippen LogP contribution in [0.1, 0.15) is 17.2 Å². The lowest BCUT2D eigenvalue weighted by atomic mass is 9.89. The maximum Gasteiger partial charge on any atom is 0.330 e. The predicted octanol–water partition coefficient (Wildman–Crippen LogP) is -0.400. The molecule has 0 radical (unpaired) electrons. The summed E-state index contributed by atoms with van der Waals surface area (Å²) in [5, 5.41) is 115. The van der Waals surface area contributed by atoms with E-state index in [4.69, 9.17) is 28.1 Å². The fraction of sp³-hybridized carbons (Fsp3) is 0.351. The van der Waals surface area contributed by atoms with Gasteiger partial charge in [0.05, 0.1) is 19.3 Å². The molecule has 3 aromatic carbocycles. The van der Waals surface area contributed by atoms with E-state index in [9.17, 15) is 65.8 Å². The van der Waals surface area contributed by atoms with Crippen molar-refractivity contribution in [3.8, 4) is 45.8 Å². The molecule has 6 rings (SSSR count). The van der Waals surface area contributed by atoms with Gasteiger partial charge in [-0.1, -0.05) is 6.07 Å². The second-order valence-electron chi connectivity index (χ2n) is 13.0. The van der Waals surface area contributed by atoms with Crippen molar-refractivity contribution in [1.29, 1.82) is 0 Å². The molecule has 2 aliphatic rings. The molecule has 0 saturated carbocycles. The molecule has 4 aromatic rings. The summed E-state index contributed by atoms with van der Waals surface area (Å²) in [5.74, 6) is -3.73. The molecule has 56 heavy (non-hydrogen) atoms. The molecule has 300 valence electrons. The van der Waals surface area contributed by atoms with Crippen LogP contribution in [0.15, 0.2) is 63.8 Å². The summed E-state index contributed by atoms with van der Waals surface area (Å²) in [6, 6.07) is 9.71. The molecular formula is C37H38O19. The van der Waals surface area contributed by atoms with Gasteiger partial charge in [0.1, 0.15) is 89.8 Å². The monoisotopic (exact) mass is 786 g/mol. The summed E-state index contributed by atoms with van der Waals surface area (Å²) in [6.07, 6.45) is -16.3. The van der Waals surface area contributed by atoms with Gasteiger partial charge in [-0.3, -0.25) is 4.79 Å². The topological polar surface area (TPSA) is 316 Å². The molecule has 19 nitrogen and oxygen atoms in total. The zero-order chi connectivity index (χ0) is 40.6. The molecule has 2 saturated heterocycles. The van der Waals surface area contributed by atoms with Crippen molar-refractivity contribution in [3.63, 3.8) is 0 Å². The fourth-order valence-electron chi connectivity index (χ4n) is 6.37. The van der Waals surface area contributed by atoms with Crippen molar-refractivity contribution in [1.82, 2.24) is 0 Å². The maximum absolute atomic E-state index is 13.4. The van der Waals surface area contributed by atoms with Crippen molar-refractivity contribution in [2.45, 2.75) is 61.2 Å². The average molecular weight is 787 g/mol. The van der Waals surface area contributed by atoms with Crippen molar-refractivity contribution in [3.05, 3.63) is 76.0 Å². The number of phenols is 5. The first-order valence-corrected chi connectivity index (χ1v) is 16.9. The fourth-order valence-corrected chi connectivity index (χ4v) is 6.37. The third kappa shape index (κ3) is 7.80. The number of methoxy groups -OCH3 is 1. The lowest BCUT2D eigenvalue weighted by Crippen LogP contribution is -2.63. The number of carbonyl (C=O) groups is 1. The summed E-state index contributed by atoms with van der Waals surface area (Å²) >= 11 is 0. The Labute approximate surface area is 315 Å². The zero-order valence-electron chi connectivity index (χ0n) is 29.1. The molecule has 3 heterocycles. The number of rotatable bonds is 10. The second-order valence-corrected chi connectivity index (χ2v) is 13.0. The quantitative estimate of drug-likeness (QED) is 0.0553. The molecule has 0 aliphatic carbocycles. The first-order chi connectivity index (χ1) is 26.6. The van der Waals surface area contributed by atoms with E-state index in [1.165, 1.54) is 37.5 Å². The van der Waals surface area contributed by atoms with Crippen LogP contribution in [-0.4, -0.2) is 138 Å². The minimum atomic E-state index is -2.05. The molecule has 0 amide bonds. The Bertz CT molecular complexity index is 2170. The van der Waals surface area contributed by atoms with Crippen molar-refractivity contribution >= 4 is 23.0 Å². The number of aliphatic hydroxyl groups excluding tert-OH is 6. The Kier molecular flexibility index (Phi) is 11.7. The molecular weight excluding hydrogens is 748 g/mol. The molecule has 0 bridgehead atoms. The average Bonchev–Trinajstić information content (AvgIpc) is 3.17. The molecule has 11 N–H and O–H groups in total. The highest BCUT2D eigenvalue weighted by atomic mass is 16.7. The second kappa shape index (κ2) is 16.3. The highest BCUT2D eigenvalue weighted by Crippen LogP contribution is 2.46. The van der Waals surface area contributed by atoms with E-state index in [-0.39, 0.29) is 28.4 Å². The maximum atomic E-state index is 13.4. The van der Waals surface area contributed by atoms with Crippen LogP contribution in [0.3, 0.4) is 0 Å². The Balaban J connectivity index is 1.27. The van der Waals surface area contributed by atoms with E-state index in [2.05, 4.69) is 0 Å². The van der Waals surface area contributed by atoms with E-state index in [1.807, 2.05) is 0 Å². The van der Waals surface area contributed by atoms with Gasteiger partial charge in [0.25, 0.3) is 0 Å². The summed E-state index contributed by atoms with van der Waals surface area (Å²) in [7, 11) is 1.34. The molecule has 10 atom stereocenters. The lowest BCUT2D eigenvalue weighted by molar-refractivity contribution is -0.342. The number of esters is 1. The minimum Gasteiger partial charge on any atom is -0.507 e. The largest absolute Gasteiger partial charge is 0.507 e. The van der Waals surface area contributed by atoms with Gasteiger partial charge in [-0.05, 0) is 42.0 Å². The minimum absolute atomic E-state index is 0.127. The van der Waals surface area contributed by atoms with Gasteiger partial charge < -0.3 is 84.3 Å². The standard InChI is InChI=1S/C37H38O19/c1-51-22-8-14(2-5-17(22)40)3-7-26(44)52-13-25-30(46)32(48)34(50)37(55-25)56-36-33(49)29(45)24(12-38)54-35(36)28-20(43)11-23-27(31(28)47)19(42)10-21(53-23)15-4-6-16(39)18(41)9-15/h2-11,24-25,29-30,32-41,43,45-50H,12-13H2,1H3/b7-3+/t24-,25-,29-,30-,32+,33+,34-,35+,36-,37+/m1/s1. The van der Waals surface area contributed by atoms with Crippen molar-refractivity contribution < 1.29 is 89.1 Å². The molecule has 19 heteroatoms. The van der Waals surface area contributed by atoms with E-state index >= 15 is 0 Å². The summed E-state index contributed by atoms with van der Waals surface area (Å²) in [4.78, 5) is 25.9. The number of benzene rings is 3. The Hall–Kier alpha value is -5.48. The number of hydrogen-bond acceptors (Lipinski definition) is 19. The number of hydrogen-bond donors (Lipinski definition) is 11. The number of aliphatic hydroxyl groups is 6. The Morgan fingerprint density at radius 3 is 2.20 bits per heavy atom. The molecule has 0 spiro atoms. The van der Waals surface area contributed by atoms with Crippen LogP contribution in [0.5, 0.6) is 34.5 Å². The van der Waals surface area contributed by atoms with Gasteiger partial charge in [0.2, 0.25) is 0 Å². The number of carbonyl (C=O) groups excluding carboxylic acids is 1. The van der Waals surface area contributed by atoms with Crippen LogP contribution < -0.4 is 10.2 Å². The van der Waals surface area contributed by atoms with Crippen molar-refractivity contribution in [2.75, 3.05) is 20.3 Å². The zero-order valence-corrected chi connectivity index (χ0v) is 29.1. The number of ether oxygens (including phenoxy) is 5. The van der Waals surface area contributed by atoms with Crippen LogP contribution in [0.4, 0.5) is 0 Å². The number of phenolic OH excluding ortho intramolecular Hbond substituents is 5.